The van der Waals surface area contributed by atoms with Crippen LogP contribution in [0.3, 0.4) is 0 Å². The number of primary amides is 1. The lowest BCUT2D eigenvalue weighted by atomic mass is 10.1. The number of ether oxygens (including phenoxy) is 2. The molecule has 0 spiro atoms. The van der Waals surface area contributed by atoms with Gasteiger partial charge in [-0.25, -0.2) is 4.79 Å². The third-order valence-corrected chi connectivity index (χ3v) is 8.33. The molecule has 7 nitrogen and oxygen atoms in total. The number of hydrogen-bond acceptors (Lipinski definition) is 6. The molecule has 1 atom stereocenters. The molecule has 0 radical (unpaired) electrons. The van der Waals surface area contributed by atoms with Crippen LogP contribution >= 0.6 is 22.9 Å². The largest absolute Gasteiger partial charge is 0.457 e. The summed E-state index contributed by atoms with van der Waals surface area (Å²) in [6, 6.07) is 17.7. The maximum atomic E-state index is 12.2. The summed E-state index contributed by atoms with van der Waals surface area (Å²) in [5, 5.41) is 2.29. The summed E-state index contributed by atoms with van der Waals surface area (Å²) in [6.07, 6.45) is 4.06. The molecule has 1 saturated heterocycles. The van der Waals surface area contributed by atoms with Crippen LogP contribution in [0.15, 0.2) is 66.7 Å². The first-order valence-corrected chi connectivity index (χ1v) is 13.6. The van der Waals surface area contributed by atoms with Gasteiger partial charge in [-0.1, -0.05) is 60.1 Å². The van der Waals surface area contributed by atoms with Gasteiger partial charge in [-0.3, -0.25) is 9.80 Å². The summed E-state index contributed by atoms with van der Waals surface area (Å²) in [4.78, 5) is 18.5. The van der Waals surface area contributed by atoms with Crippen molar-refractivity contribution in [2.45, 2.75) is 25.6 Å². The molecule has 2 aromatic carbocycles. The Labute approximate surface area is 220 Å². The van der Waals surface area contributed by atoms with Crippen molar-refractivity contribution in [2.75, 3.05) is 44.2 Å². The highest BCUT2D eigenvalue weighted by molar-refractivity contribution is 7.23. The van der Waals surface area contributed by atoms with Crippen LogP contribution in [0, 0.1) is 0 Å². The van der Waals surface area contributed by atoms with E-state index in [9.17, 15) is 4.79 Å². The lowest BCUT2D eigenvalue weighted by molar-refractivity contribution is -0.0522. The Morgan fingerprint density at radius 2 is 1.81 bits per heavy atom. The van der Waals surface area contributed by atoms with Gasteiger partial charge in [0.15, 0.2) is 0 Å². The fourth-order valence-corrected chi connectivity index (χ4v) is 6.22. The fourth-order valence-electron chi connectivity index (χ4n) is 4.65. The molecule has 1 aromatic heterocycles. The Hall–Kier alpha value is -2.94. The molecule has 3 heterocycles. The minimum absolute atomic E-state index is 0.261. The van der Waals surface area contributed by atoms with Gasteiger partial charge in [0.2, 0.25) is 12.2 Å². The predicted molar refractivity (Wildman–Crippen MR) is 145 cm³/mol. The zero-order valence-electron chi connectivity index (χ0n) is 20.1. The molecule has 0 aliphatic carbocycles. The van der Waals surface area contributed by atoms with Crippen LogP contribution in [0.2, 0.25) is 5.02 Å². The van der Waals surface area contributed by atoms with Crippen molar-refractivity contribution in [3.05, 3.63) is 77.3 Å². The molecule has 36 heavy (non-hydrogen) atoms. The molecule has 0 bridgehead atoms. The second-order valence-electron chi connectivity index (χ2n) is 9.07. The summed E-state index contributed by atoms with van der Waals surface area (Å²) < 4.78 is 12.8. The number of anilines is 1. The van der Waals surface area contributed by atoms with Gasteiger partial charge in [0.1, 0.15) is 11.3 Å². The summed E-state index contributed by atoms with van der Waals surface area (Å²) >= 11 is 8.08. The van der Waals surface area contributed by atoms with E-state index >= 15 is 0 Å². The van der Waals surface area contributed by atoms with Gasteiger partial charge in [0, 0.05) is 49.2 Å². The molecule has 2 amide bonds. The predicted octanol–water partition coefficient (Wildman–Crippen LogP) is 5.25. The average Bonchev–Trinajstić information content (AvgIpc) is 3.49. The standard InChI is InChI=1S/C27H31ClN4O3S/c28-25-21-10-4-5-11-22(21)36-26(25)32(27(29)33)13-7-6-12-30-14-16-31(17-15-30)23-19-34-24(35-23)18-20-8-2-1-3-9-20/h1-5,8-11,19,24H,6-7,12-18H2,(H2,29,33). The SMILES string of the molecule is NC(=O)N(CCCCN1CCN(C2=COC(Cc3ccccc3)O2)CC1)c1sc2ccccc2c1Cl. The number of nitrogens with two attached hydrogens (primary N) is 1. The van der Waals surface area contributed by atoms with Gasteiger partial charge < -0.3 is 20.1 Å². The third-order valence-electron chi connectivity index (χ3n) is 6.64. The second kappa shape index (κ2) is 11.4. The van der Waals surface area contributed by atoms with E-state index in [0.717, 1.165) is 73.0 Å². The highest BCUT2D eigenvalue weighted by Gasteiger charge is 2.27. The van der Waals surface area contributed by atoms with E-state index in [0.29, 0.717) is 11.6 Å². The third kappa shape index (κ3) is 5.72. The summed E-state index contributed by atoms with van der Waals surface area (Å²) in [6.45, 7) is 5.27. The number of benzene rings is 2. The van der Waals surface area contributed by atoms with Crippen LogP contribution in [0.4, 0.5) is 9.80 Å². The molecule has 5 rings (SSSR count). The number of carbonyl (C=O) groups is 1. The molecule has 1 fully saturated rings. The molecule has 2 N–H and O–H groups in total. The summed E-state index contributed by atoms with van der Waals surface area (Å²) in [5.41, 5.74) is 6.90. The minimum Gasteiger partial charge on any atom is -0.457 e. The van der Waals surface area contributed by atoms with Crippen molar-refractivity contribution in [1.29, 1.82) is 0 Å². The van der Waals surface area contributed by atoms with Gasteiger partial charge in [-0.2, -0.15) is 0 Å². The average molecular weight is 527 g/mol. The second-order valence-corrected chi connectivity index (χ2v) is 10.5. The van der Waals surface area contributed by atoms with Crippen molar-refractivity contribution in [1.82, 2.24) is 9.80 Å². The summed E-state index contributed by atoms with van der Waals surface area (Å²) in [7, 11) is 0. The molecule has 1 unspecified atom stereocenters. The zero-order chi connectivity index (χ0) is 24.9. The maximum absolute atomic E-state index is 12.2. The normalized spacial score (nSPS) is 18.1. The van der Waals surface area contributed by atoms with E-state index in [2.05, 4.69) is 21.9 Å². The molecule has 3 aromatic rings. The molecular weight excluding hydrogens is 496 g/mol. The minimum atomic E-state index is -0.463. The number of amides is 2. The Morgan fingerprint density at radius 1 is 1.06 bits per heavy atom. The first-order valence-electron chi connectivity index (χ1n) is 12.4. The molecule has 2 aliphatic rings. The van der Waals surface area contributed by atoms with Gasteiger partial charge in [0.25, 0.3) is 0 Å². The van der Waals surface area contributed by atoms with E-state index in [-0.39, 0.29) is 6.29 Å². The van der Waals surface area contributed by atoms with Crippen LogP contribution < -0.4 is 10.6 Å². The van der Waals surface area contributed by atoms with Gasteiger partial charge in [-0.05, 0) is 31.0 Å². The van der Waals surface area contributed by atoms with E-state index in [4.69, 9.17) is 26.8 Å². The topological polar surface area (TPSA) is 71.3 Å². The number of unbranched alkanes of at least 4 members (excludes halogenated alkanes) is 1. The van der Waals surface area contributed by atoms with Crippen LogP contribution in [0.5, 0.6) is 0 Å². The monoisotopic (exact) mass is 526 g/mol. The van der Waals surface area contributed by atoms with Crippen LogP contribution in [-0.4, -0.2) is 61.4 Å². The van der Waals surface area contributed by atoms with E-state index in [1.165, 1.54) is 16.9 Å². The van der Waals surface area contributed by atoms with Gasteiger partial charge in [0.05, 0.1) is 5.02 Å². The fraction of sp³-hybridized carbons (Fsp3) is 0.370. The number of thiophene rings is 1. The van der Waals surface area contributed by atoms with Crippen molar-refractivity contribution in [3.63, 3.8) is 0 Å². The number of fused-ring (bicyclic) bond motifs is 1. The first-order chi connectivity index (χ1) is 17.6. The number of carbonyl (C=O) groups excluding carboxylic acids is 1. The Balaban J connectivity index is 1.04. The quantitative estimate of drug-likeness (QED) is 0.385. The molecule has 9 heteroatoms. The van der Waals surface area contributed by atoms with E-state index < -0.39 is 6.03 Å². The number of urea groups is 1. The molecule has 190 valence electrons. The van der Waals surface area contributed by atoms with Crippen molar-refractivity contribution >= 4 is 44.1 Å². The smallest absolute Gasteiger partial charge is 0.319 e. The van der Waals surface area contributed by atoms with Crippen LogP contribution in [-0.2, 0) is 15.9 Å². The zero-order valence-corrected chi connectivity index (χ0v) is 21.7. The lowest BCUT2D eigenvalue weighted by Crippen LogP contribution is -2.46. The Morgan fingerprint density at radius 3 is 2.56 bits per heavy atom. The van der Waals surface area contributed by atoms with E-state index in [1.807, 2.05) is 42.5 Å². The van der Waals surface area contributed by atoms with Crippen molar-refractivity contribution < 1.29 is 14.3 Å². The molecule has 2 aliphatic heterocycles. The van der Waals surface area contributed by atoms with Gasteiger partial charge >= 0.3 is 6.03 Å². The van der Waals surface area contributed by atoms with Crippen LogP contribution in [0.25, 0.3) is 10.1 Å². The number of halogens is 1. The Kier molecular flexibility index (Phi) is 7.84. The van der Waals surface area contributed by atoms with Crippen LogP contribution in [0.1, 0.15) is 18.4 Å². The number of nitrogens with zero attached hydrogens (tertiary/aromatic N) is 3. The highest BCUT2D eigenvalue weighted by Crippen LogP contribution is 2.41. The van der Waals surface area contributed by atoms with Gasteiger partial charge in [-0.15, -0.1) is 11.3 Å². The molecule has 0 saturated carbocycles. The Bertz CT molecular complexity index is 1210. The van der Waals surface area contributed by atoms with Crippen molar-refractivity contribution in [2.24, 2.45) is 5.73 Å². The number of hydrogen-bond donors (Lipinski definition) is 1. The first kappa shape index (κ1) is 24.7. The number of piperazine rings is 1. The van der Waals surface area contributed by atoms with E-state index in [1.54, 1.807) is 11.2 Å². The summed E-state index contributed by atoms with van der Waals surface area (Å²) in [5.74, 6) is 0.827. The maximum Gasteiger partial charge on any atom is 0.319 e. The number of rotatable bonds is 9. The lowest BCUT2D eigenvalue weighted by Gasteiger charge is -2.35. The van der Waals surface area contributed by atoms with Crippen molar-refractivity contribution in [3.8, 4) is 0 Å². The molecular formula is C27H31ClN4O3S. The highest BCUT2D eigenvalue weighted by atomic mass is 35.5.